The number of aliphatic hydroxyl groups excluding tert-OH is 2. The highest BCUT2D eigenvalue weighted by atomic mass is 16.5. The summed E-state index contributed by atoms with van der Waals surface area (Å²) in [5.74, 6) is 2.00. The highest BCUT2D eigenvalue weighted by Gasteiger charge is 2.50. The van der Waals surface area contributed by atoms with E-state index in [0.29, 0.717) is 30.1 Å². The Hall–Kier alpha value is -0.900. The molecule has 6 unspecified atom stereocenters. The number of hydrogen-bond acceptors (Lipinski definition) is 3. The van der Waals surface area contributed by atoms with Gasteiger partial charge in [-0.15, -0.1) is 0 Å². The average molecular weight is 361 g/mol. The van der Waals surface area contributed by atoms with E-state index in [1.807, 2.05) is 7.11 Å². The summed E-state index contributed by atoms with van der Waals surface area (Å²) in [6.45, 7) is 9.73. The standard InChI is InChI=1S/C23H36O3/c1-15(14-26-4)20-9-10-21-17(6-5-11-23(20,21)3)7-8-18-12-19(24)13-22(25)16(18)2/h7-8,15,19-22,24-25H,2,5-6,9-14H2,1,3-4H3/b17-7+,18-8-. The monoisotopic (exact) mass is 360 g/mol. The molecular formula is C23H36O3. The number of fused-ring (bicyclic) bond motifs is 1. The molecule has 146 valence electrons. The minimum absolute atomic E-state index is 0.378. The Morgan fingerprint density at radius 1 is 1.31 bits per heavy atom. The van der Waals surface area contributed by atoms with Crippen molar-refractivity contribution in [2.75, 3.05) is 13.7 Å². The van der Waals surface area contributed by atoms with E-state index in [4.69, 9.17) is 4.74 Å². The van der Waals surface area contributed by atoms with Crippen LogP contribution in [0.5, 0.6) is 0 Å². The normalized spacial score (nSPS) is 42.3. The molecule has 3 fully saturated rings. The molecule has 0 bridgehead atoms. The SMILES string of the molecule is C=C1/C(=C\C=C2/CCCC3(C)C2CCC3C(C)COC)CC(O)CC1O. The quantitative estimate of drug-likeness (QED) is 0.781. The average Bonchev–Trinajstić information content (AvgIpc) is 2.94. The van der Waals surface area contributed by atoms with Gasteiger partial charge in [-0.3, -0.25) is 0 Å². The molecule has 0 aromatic carbocycles. The van der Waals surface area contributed by atoms with Crippen LogP contribution in [0.3, 0.4) is 0 Å². The molecule has 3 saturated carbocycles. The first kappa shape index (κ1) is 19.9. The van der Waals surface area contributed by atoms with Crippen molar-refractivity contribution in [3.8, 4) is 0 Å². The van der Waals surface area contributed by atoms with E-state index in [2.05, 4.69) is 32.6 Å². The van der Waals surface area contributed by atoms with Gasteiger partial charge in [0.25, 0.3) is 0 Å². The van der Waals surface area contributed by atoms with Gasteiger partial charge in [-0.2, -0.15) is 0 Å². The Bertz CT molecular complexity index is 590. The Balaban J connectivity index is 1.80. The van der Waals surface area contributed by atoms with Crippen LogP contribution < -0.4 is 0 Å². The van der Waals surface area contributed by atoms with Crippen LogP contribution in [0.4, 0.5) is 0 Å². The van der Waals surface area contributed by atoms with Gasteiger partial charge < -0.3 is 14.9 Å². The van der Waals surface area contributed by atoms with E-state index in [1.54, 1.807) is 5.57 Å². The summed E-state index contributed by atoms with van der Waals surface area (Å²) >= 11 is 0. The topological polar surface area (TPSA) is 49.7 Å². The lowest BCUT2D eigenvalue weighted by Crippen LogP contribution is -2.37. The number of rotatable bonds is 4. The Kier molecular flexibility index (Phi) is 6.11. The molecule has 0 radical (unpaired) electrons. The third-order valence-corrected chi connectivity index (χ3v) is 7.42. The van der Waals surface area contributed by atoms with Crippen molar-refractivity contribution in [3.63, 3.8) is 0 Å². The zero-order valence-electron chi connectivity index (χ0n) is 16.7. The van der Waals surface area contributed by atoms with Crippen molar-refractivity contribution in [2.24, 2.45) is 23.2 Å². The van der Waals surface area contributed by atoms with Gasteiger partial charge in [-0.05, 0) is 72.8 Å². The molecule has 3 aliphatic rings. The molecule has 0 heterocycles. The van der Waals surface area contributed by atoms with Crippen LogP contribution in [0.1, 0.15) is 58.8 Å². The van der Waals surface area contributed by atoms with Crippen LogP contribution in [0, 0.1) is 23.2 Å². The summed E-state index contributed by atoms with van der Waals surface area (Å²) in [6.07, 6.45) is 10.7. The van der Waals surface area contributed by atoms with Gasteiger partial charge in [0, 0.05) is 20.1 Å². The molecule has 0 amide bonds. The van der Waals surface area contributed by atoms with E-state index in [9.17, 15) is 10.2 Å². The predicted molar refractivity (Wildman–Crippen MR) is 106 cm³/mol. The fourth-order valence-corrected chi connectivity index (χ4v) is 6.06. The van der Waals surface area contributed by atoms with Crippen molar-refractivity contribution < 1.29 is 14.9 Å². The molecule has 3 rings (SSSR count). The smallest absolute Gasteiger partial charge is 0.0811 e. The van der Waals surface area contributed by atoms with Gasteiger partial charge in [0.05, 0.1) is 12.2 Å². The Morgan fingerprint density at radius 3 is 2.81 bits per heavy atom. The Morgan fingerprint density at radius 2 is 2.08 bits per heavy atom. The van der Waals surface area contributed by atoms with Crippen LogP contribution >= 0.6 is 0 Å². The van der Waals surface area contributed by atoms with Gasteiger partial charge in [0.1, 0.15) is 0 Å². The lowest BCUT2D eigenvalue weighted by molar-refractivity contribution is 0.0529. The van der Waals surface area contributed by atoms with Crippen LogP contribution in [-0.2, 0) is 4.74 Å². The van der Waals surface area contributed by atoms with Crippen LogP contribution in [0.15, 0.2) is 35.5 Å². The molecule has 3 aliphatic carbocycles. The molecule has 0 aromatic heterocycles. The second-order valence-corrected chi connectivity index (χ2v) is 9.10. The summed E-state index contributed by atoms with van der Waals surface area (Å²) in [4.78, 5) is 0. The zero-order chi connectivity index (χ0) is 18.9. The zero-order valence-corrected chi connectivity index (χ0v) is 16.7. The van der Waals surface area contributed by atoms with Gasteiger partial charge in [-0.1, -0.05) is 38.2 Å². The summed E-state index contributed by atoms with van der Waals surface area (Å²) in [6, 6.07) is 0. The van der Waals surface area contributed by atoms with E-state index in [-0.39, 0.29) is 0 Å². The first-order valence-corrected chi connectivity index (χ1v) is 10.3. The highest BCUT2D eigenvalue weighted by Crippen LogP contribution is 2.59. The molecule has 0 aromatic rings. The first-order chi connectivity index (χ1) is 12.4. The number of hydrogen-bond donors (Lipinski definition) is 2. The molecule has 3 heteroatoms. The summed E-state index contributed by atoms with van der Waals surface area (Å²) in [5, 5.41) is 20.0. The second-order valence-electron chi connectivity index (χ2n) is 9.10. The molecule has 0 saturated heterocycles. The molecule has 6 atom stereocenters. The largest absolute Gasteiger partial charge is 0.393 e. The molecule has 0 aliphatic heterocycles. The van der Waals surface area contributed by atoms with Crippen LogP contribution in [0.2, 0.25) is 0 Å². The van der Waals surface area contributed by atoms with Gasteiger partial charge in [0.2, 0.25) is 0 Å². The third kappa shape index (κ3) is 3.72. The minimum atomic E-state index is -0.606. The molecule has 2 N–H and O–H groups in total. The van der Waals surface area contributed by atoms with E-state index in [1.165, 1.54) is 32.1 Å². The number of methoxy groups -OCH3 is 1. The van der Waals surface area contributed by atoms with Crippen molar-refractivity contribution in [3.05, 3.63) is 35.5 Å². The fraction of sp³-hybridized carbons (Fsp3) is 0.739. The lowest BCUT2D eigenvalue weighted by Gasteiger charge is -2.44. The predicted octanol–water partition coefficient (Wildman–Crippen LogP) is 4.41. The second kappa shape index (κ2) is 8.00. The van der Waals surface area contributed by atoms with Gasteiger partial charge in [0.15, 0.2) is 0 Å². The lowest BCUT2D eigenvalue weighted by atomic mass is 9.61. The van der Waals surface area contributed by atoms with Gasteiger partial charge >= 0.3 is 0 Å². The summed E-state index contributed by atoms with van der Waals surface area (Å²) in [7, 11) is 1.81. The van der Waals surface area contributed by atoms with Crippen molar-refractivity contribution in [2.45, 2.75) is 71.0 Å². The summed E-state index contributed by atoms with van der Waals surface area (Å²) in [5.41, 5.74) is 3.73. The molecular weight excluding hydrogens is 324 g/mol. The van der Waals surface area contributed by atoms with Crippen LogP contribution in [0.25, 0.3) is 0 Å². The number of allylic oxidation sites excluding steroid dienone is 3. The number of aliphatic hydroxyl groups is 2. The van der Waals surface area contributed by atoms with E-state index >= 15 is 0 Å². The maximum absolute atomic E-state index is 10.1. The first-order valence-electron chi connectivity index (χ1n) is 10.3. The molecule has 0 spiro atoms. The fourth-order valence-electron chi connectivity index (χ4n) is 6.06. The maximum Gasteiger partial charge on any atom is 0.0811 e. The Labute approximate surface area is 158 Å². The number of ether oxygens (including phenoxy) is 1. The van der Waals surface area contributed by atoms with Crippen molar-refractivity contribution >= 4 is 0 Å². The minimum Gasteiger partial charge on any atom is -0.393 e. The maximum atomic E-state index is 10.1. The van der Waals surface area contributed by atoms with Crippen LogP contribution in [-0.4, -0.2) is 36.1 Å². The van der Waals surface area contributed by atoms with E-state index in [0.717, 1.165) is 23.7 Å². The van der Waals surface area contributed by atoms with Gasteiger partial charge in [-0.25, -0.2) is 0 Å². The van der Waals surface area contributed by atoms with Crippen molar-refractivity contribution in [1.82, 2.24) is 0 Å². The summed E-state index contributed by atoms with van der Waals surface area (Å²) < 4.78 is 5.45. The third-order valence-electron chi connectivity index (χ3n) is 7.42. The highest BCUT2D eigenvalue weighted by molar-refractivity contribution is 5.38. The van der Waals surface area contributed by atoms with E-state index < -0.39 is 12.2 Å². The molecule has 26 heavy (non-hydrogen) atoms. The van der Waals surface area contributed by atoms with Crippen molar-refractivity contribution in [1.29, 1.82) is 0 Å². The molecule has 3 nitrogen and oxygen atoms in total.